The van der Waals surface area contributed by atoms with E-state index in [4.69, 9.17) is 14.2 Å². The summed E-state index contributed by atoms with van der Waals surface area (Å²) in [6.07, 6.45) is 2.34. The number of hydrogen-bond donors (Lipinski definition) is 2. The second-order valence-electron chi connectivity index (χ2n) is 5.76. The van der Waals surface area contributed by atoms with Crippen LogP contribution in [-0.2, 0) is 4.74 Å². The van der Waals surface area contributed by atoms with E-state index in [0.29, 0.717) is 28.7 Å². The fraction of sp³-hybridized carbons (Fsp3) is 0.294. The number of carbonyl (C=O) groups excluding carboxylic acids is 1. The van der Waals surface area contributed by atoms with Gasteiger partial charge in [0.15, 0.2) is 5.82 Å². The molecule has 10 nitrogen and oxygen atoms in total. The molecule has 0 radical (unpaired) electrons. The Balaban J connectivity index is 1.92. The van der Waals surface area contributed by atoms with Crippen LogP contribution in [0.2, 0.25) is 0 Å². The maximum absolute atomic E-state index is 11.8. The summed E-state index contributed by atoms with van der Waals surface area (Å²) in [7, 11) is 3.15. The number of nitrogens with zero attached hydrogens (tertiary/aromatic N) is 4. The number of fused-ring (bicyclic) bond motifs is 1. The van der Waals surface area contributed by atoms with E-state index in [9.17, 15) is 4.79 Å². The van der Waals surface area contributed by atoms with Crippen molar-refractivity contribution in [3.63, 3.8) is 0 Å². The maximum atomic E-state index is 11.8. The molecular formula is C17H20N6O4. The zero-order valence-corrected chi connectivity index (χ0v) is 15.4. The van der Waals surface area contributed by atoms with Gasteiger partial charge in [-0.2, -0.15) is 0 Å². The van der Waals surface area contributed by atoms with E-state index in [-0.39, 0.29) is 12.1 Å². The number of rotatable bonds is 6. The van der Waals surface area contributed by atoms with Crippen LogP contribution >= 0.6 is 0 Å². The lowest BCUT2D eigenvalue weighted by Gasteiger charge is -2.12. The van der Waals surface area contributed by atoms with Crippen molar-refractivity contribution in [1.29, 1.82) is 0 Å². The van der Waals surface area contributed by atoms with E-state index in [0.717, 1.165) is 0 Å². The predicted octanol–water partition coefficient (Wildman–Crippen LogP) is 2.84. The lowest BCUT2D eigenvalue weighted by Crippen LogP contribution is -2.19. The first-order valence-corrected chi connectivity index (χ1v) is 8.18. The average molecular weight is 372 g/mol. The van der Waals surface area contributed by atoms with Crippen LogP contribution in [0.15, 0.2) is 30.6 Å². The number of benzene rings is 1. The number of anilines is 3. The van der Waals surface area contributed by atoms with Gasteiger partial charge in [-0.3, -0.25) is 9.72 Å². The zero-order chi connectivity index (χ0) is 19.4. The first kappa shape index (κ1) is 18.2. The highest BCUT2D eigenvalue weighted by Crippen LogP contribution is 2.32. The molecule has 0 atom stereocenters. The van der Waals surface area contributed by atoms with Crippen LogP contribution in [0.1, 0.15) is 13.8 Å². The monoisotopic (exact) mass is 372 g/mol. The topological polar surface area (TPSA) is 112 Å². The molecule has 0 fully saturated rings. The molecule has 3 rings (SSSR count). The molecule has 0 aliphatic heterocycles. The molecule has 142 valence electrons. The Morgan fingerprint density at radius 2 is 2.00 bits per heavy atom. The van der Waals surface area contributed by atoms with Crippen LogP contribution in [0.4, 0.5) is 22.2 Å². The lowest BCUT2D eigenvalue weighted by molar-refractivity contribution is 0.129. The van der Waals surface area contributed by atoms with Gasteiger partial charge in [-0.15, -0.1) is 10.2 Å². The van der Waals surface area contributed by atoms with E-state index in [1.807, 2.05) is 0 Å². The second kappa shape index (κ2) is 7.77. The molecule has 27 heavy (non-hydrogen) atoms. The van der Waals surface area contributed by atoms with Gasteiger partial charge in [0.1, 0.15) is 11.5 Å². The van der Waals surface area contributed by atoms with Gasteiger partial charge in [0.25, 0.3) is 0 Å². The van der Waals surface area contributed by atoms with Crippen LogP contribution in [-0.4, -0.2) is 46.0 Å². The molecular weight excluding hydrogens is 352 g/mol. The van der Waals surface area contributed by atoms with Crippen LogP contribution < -0.4 is 20.1 Å². The molecule has 0 aliphatic carbocycles. The first-order chi connectivity index (χ1) is 13.0. The number of hydrogen-bond acceptors (Lipinski definition) is 8. The molecule has 1 amide bonds. The molecule has 2 heterocycles. The quantitative estimate of drug-likeness (QED) is 0.679. The Bertz CT molecular complexity index is 956. The third-order valence-electron chi connectivity index (χ3n) is 3.54. The largest absolute Gasteiger partial charge is 0.497 e. The summed E-state index contributed by atoms with van der Waals surface area (Å²) in [6.45, 7) is 3.52. The highest BCUT2D eigenvalue weighted by Gasteiger charge is 2.15. The van der Waals surface area contributed by atoms with E-state index in [2.05, 4.69) is 25.8 Å². The Hall–Kier alpha value is -3.56. The third kappa shape index (κ3) is 4.00. The lowest BCUT2D eigenvalue weighted by atomic mass is 10.2. The molecule has 10 heteroatoms. The predicted molar refractivity (Wildman–Crippen MR) is 98.9 cm³/mol. The second-order valence-corrected chi connectivity index (χ2v) is 5.76. The summed E-state index contributed by atoms with van der Waals surface area (Å²) in [5.74, 6) is 1.92. The summed E-state index contributed by atoms with van der Waals surface area (Å²) in [6, 6.07) is 5.34. The van der Waals surface area contributed by atoms with Crippen molar-refractivity contribution in [2.24, 2.45) is 0 Å². The van der Waals surface area contributed by atoms with Crippen LogP contribution in [0.5, 0.6) is 11.5 Å². The molecule has 0 spiro atoms. The first-order valence-electron chi connectivity index (χ1n) is 8.18. The van der Waals surface area contributed by atoms with Gasteiger partial charge in [0.05, 0.1) is 26.0 Å². The standard InChI is InChI=1S/C17H20N6O4/c1-10(2)27-17(24)20-16-22-21-15-14(18-7-8-23(15)16)19-12-9-11(25-3)5-6-13(12)26-4/h5-10H,1-4H3,(H,18,19)(H,20,22,24). The van der Waals surface area contributed by atoms with Crippen molar-refractivity contribution in [3.8, 4) is 11.5 Å². The van der Waals surface area contributed by atoms with E-state index in [1.165, 1.54) is 0 Å². The van der Waals surface area contributed by atoms with Gasteiger partial charge >= 0.3 is 6.09 Å². The number of carbonyl (C=O) groups is 1. The van der Waals surface area contributed by atoms with Gasteiger partial charge in [-0.05, 0) is 26.0 Å². The number of methoxy groups -OCH3 is 2. The highest BCUT2D eigenvalue weighted by molar-refractivity contribution is 5.83. The van der Waals surface area contributed by atoms with Gasteiger partial charge < -0.3 is 19.5 Å². The molecule has 0 saturated heterocycles. The van der Waals surface area contributed by atoms with Gasteiger partial charge in [-0.1, -0.05) is 0 Å². The van der Waals surface area contributed by atoms with Gasteiger partial charge in [-0.25, -0.2) is 9.78 Å². The Morgan fingerprint density at radius 3 is 2.70 bits per heavy atom. The van der Waals surface area contributed by atoms with Crippen molar-refractivity contribution >= 4 is 29.2 Å². The fourth-order valence-electron chi connectivity index (χ4n) is 2.37. The zero-order valence-electron chi connectivity index (χ0n) is 15.4. The molecule has 0 bridgehead atoms. The number of ether oxygens (including phenoxy) is 3. The normalized spacial score (nSPS) is 10.7. The SMILES string of the molecule is COc1ccc(OC)c(Nc2nccn3c(NC(=O)OC(C)C)nnc23)c1. The number of amides is 1. The van der Waals surface area contributed by atoms with Crippen molar-refractivity contribution in [3.05, 3.63) is 30.6 Å². The summed E-state index contributed by atoms with van der Waals surface area (Å²) >= 11 is 0. The molecule has 0 saturated carbocycles. The van der Waals surface area contributed by atoms with Gasteiger partial charge in [0.2, 0.25) is 11.6 Å². The fourth-order valence-corrected chi connectivity index (χ4v) is 2.37. The smallest absolute Gasteiger partial charge is 0.414 e. The molecule has 0 unspecified atom stereocenters. The minimum Gasteiger partial charge on any atom is -0.497 e. The molecule has 0 aliphatic rings. The van der Waals surface area contributed by atoms with Crippen molar-refractivity contribution in [2.45, 2.75) is 20.0 Å². The molecule has 3 aromatic rings. The molecule has 2 aromatic heterocycles. The van der Waals surface area contributed by atoms with Crippen molar-refractivity contribution < 1.29 is 19.0 Å². The minimum absolute atomic E-state index is 0.221. The van der Waals surface area contributed by atoms with E-state index < -0.39 is 6.09 Å². The van der Waals surface area contributed by atoms with Crippen molar-refractivity contribution in [2.75, 3.05) is 24.9 Å². The van der Waals surface area contributed by atoms with Crippen molar-refractivity contribution in [1.82, 2.24) is 19.6 Å². The van der Waals surface area contributed by atoms with E-state index >= 15 is 0 Å². The summed E-state index contributed by atoms with van der Waals surface area (Å²) in [4.78, 5) is 16.1. The van der Waals surface area contributed by atoms with Crippen LogP contribution in [0, 0.1) is 0 Å². The maximum Gasteiger partial charge on any atom is 0.414 e. The Labute approximate surface area is 155 Å². The van der Waals surface area contributed by atoms with Crippen LogP contribution in [0.3, 0.4) is 0 Å². The summed E-state index contributed by atoms with van der Waals surface area (Å²) in [5, 5.41) is 13.8. The molecule has 2 N–H and O–H groups in total. The highest BCUT2D eigenvalue weighted by atomic mass is 16.6. The molecule has 1 aromatic carbocycles. The number of nitrogens with one attached hydrogen (secondary N) is 2. The van der Waals surface area contributed by atoms with Gasteiger partial charge in [0, 0.05) is 18.5 Å². The Kier molecular flexibility index (Phi) is 5.25. The Morgan fingerprint density at radius 1 is 1.19 bits per heavy atom. The van der Waals surface area contributed by atoms with Crippen LogP contribution in [0.25, 0.3) is 5.65 Å². The average Bonchev–Trinajstić information content (AvgIpc) is 3.05. The summed E-state index contributed by atoms with van der Waals surface area (Å²) < 4.78 is 17.3. The third-order valence-corrected chi connectivity index (χ3v) is 3.54. The summed E-state index contributed by atoms with van der Waals surface area (Å²) in [5.41, 5.74) is 1.07. The van der Waals surface area contributed by atoms with E-state index in [1.54, 1.807) is 63.1 Å². The minimum atomic E-state index is -0.611. The number of aromatic nitrogens is 4.